The molecule has 114 valence electrons. The van der Waals surface area contributed by atoms with Crippen LogP contribution in [-0.4, -0.2) is 25.2 Å². The van der Waals surface area contributed by atoms with E-state index in [0.29, 0.717) is 23.5 Å². The first-order valence-corrected chi connectivity index (χ1v) is 7.78. The van der Waals surface area contributed by atoms with Gasteiger partial charge in [-0.3, -0.25) is 9.40 Å². The normalized spacial score (nSPS) is 11.6. The number of sulfonamides is 1. The van der Waals surface area contributed by atoms with Crippen molar-refractivity contribution in [3.8, 4) is 0 Å². The Morgan fingerprint density at radius 1 is 1.38 bits per heavy atom. The van der Waals surface area contributed by atoms with E-state index < -0.39 is 15.8 Å². The van der Waals surface area contributed by atoms with Gasteiger partial charge in [0, 0.05) is 19.8 Å². The summed E-state index contributed by atoms with van der Waals surface area (Å²) in [4.78, 5) is -0.384. The second-order valence-electron chi connectivity index (χ2n) is 4.70. The average molecular weight is 312 g/mol. The maximum absolute atomic E-state index is 14.0. The van der Waals surface area contributed by atoms with Gasteiger partial charge >= 0.3 is 0 Å². The van der Waals surface area contributed by atoms with E-state index >= 15 is 0 Å². The van der Waals surface area contributed by atoms with Crippen molar-refractivity contribution >= 4 is 15.7 Å². The third-order valence-corrected chi connectivity index (χ3v) is 4.32. The number of hydrogen-bond donors (Lipinski definition) is 2. The first kappa shape index (κ1) is 15.5. The highest BCUT2D eigenvalue weighted by atomic mass is 32.2. The highest BCUT2D eigenvalue weighted by molar-refractivity contribution is 7.92. The lowest BCUT2D eigenvalue weighted by Crippen LogP contribution is -2.15. The fourth-order valence-corrected chi connectivity index (χ4v) is 3.14. The van der Waals surface area contributed by atoms with Gasteiger partial charge in [0.1, 0.15) is 10.7 Å². The summed E-state index contributed by atoms with van der Waals surface area (Å²) in [6.07, 6.45) is 1.53. The lowest BCUT2D eigenvalue weighted by atomic mass is 10.2. The third kappa shape index (κ3) is 3.40. The molecule has 0 atom stereocenters. The van der Waals surface area contributed by atoms with Gasteiger partial charge in [-0.25, -0.2) is 12.8 Å². The minimum Gasteiger partial charge on any atom is -0.316 e. The summed E-state index contributed by atoms with van der Waals surface area (Å²) in [5.74, 6) is -0.781. The number of rotatable bonds is 5. The minimum atomic E-state index is -3.98. The number of nitrogens with zero attached hydrogens (tertiary/aromatic N) is 2. The summed E-state index contributed by atoms with van der Waals surface area (Å²) < 4.78 is 42.3. The van der Waals surface area contributed by atoms with E-state index in [-0.39, 0.29) is 4.90 Å². The summed E-state index contributed by atoms with van der Waals surface area (Å²) in [5, 5.41) is 6.91. The van der Waals surface area contributed by atoms with Crippen LogP contribution in [0.3, 0.4) is 0 Å². The Morgan fingerprint density at radius 2 is 2.10 bits per heavy atom. The van der Waals surface area contributed by atoms with Crippen LogP contribution in [0.25, 0.3) is 0 Å². The van der Waals surface area contributed by atoms with E-state index in [1.54, 1.807) is 27.1 Å². The second-order valence-corrected chi connectivity index (χ2v) is 6.35. The Kier molecular flexibility index (Phi) is 4.29. The molecule has 1 aromatic carbocycles. The topological polar surface area (TPSA) is 76.0 Å². The molecule has 6 nitrogen and oxygen atoms in total. The number of aryl methyl sites for hydroxylation is 2. The number of aromatic nitrogens is 2. The molecule has 21 heavy (non-hydrogen) atoms. The van der Waals surface area contributed by atoms with Crippen LogP contribution in [0.5, 0.6) is 0 Å². The molecule has 0 saturated carbocycles. The quantitative estimate of drug-likeness (QED) is 0.875. The maximum atomic E-state index is 14.0. The second kappa shape index (κ2) is 5.82. The Hall–Kier alpha value is -1.93. The Bertz CT molecular complexity index is 756. The van der Waals surface area contributed by atoms with Crippen LogP contribution in [0.1, 0.15) is 11.3 Å². The average Bonchev–Trinajstić information content (AvgIpc) is 2.67. The van der Waals surface area contributed by atoms with Crippen LogP contribution in [0.2, 0.25) is 0 Å². The van der Waals surface area contributed by atoms with Gasteiger partial charge in [-0.2, -0.15) is 5.10 Å². The predicted octanol–water partition coefficient (Wildman–Crippen LogP) is 1.39. The zero-order valence-electron chi connectivity index (χ0n) is 12.0. The zero-order chi connectivity index (χ0) is 15.6. The van der Waals surface area contributed by atoms with Crippen molar-refractivity contribution in [2.45, 2.75) is 18.4 Å². The SMILES string of the molecule is CNCc1ccc(S(=O)(=O)Nc2cn(C)nc2C)c(F)c1. The molecule has 8 heteroatoms. The van der Waals surface area contributed by atoms with Crippen LogP contribution in [-0.2, 0) is 23.6 Å². The van der Waals surface area contributed by atoms with Crippen molar-refractivity contribution in [3.63, 3.8) is 0 Å². The molecular weight excluding hydrogens is 295 g/mol. The van der Waals surface area contributed by atoms with Crippen molar-refractivity contribution < 1.29 is 12.8 Å². The molecule has 0 aliphatic heterocycles. The van der Waals surface area contributed by atoms with Crippen molar-refractivity contribution in [3.05, 3.63) is 41.5 Å². The van der Waals surface area contributed by atoms with Gasteiger partial charge in [0.05, 0.1) is 11.4 Å². The first-order valence-electron chi connectivity index (χ1n) is 6.29. The van der Waals surface area contributed by atoms with Gasteiger partial charge in [0.2, 0.25) is 0 Å². The van der Waals surface area contributed by atoms with Gasteiger partial charge in [0.25, 0.3) is 10.0 Å². The molecule has 1 aromatic heterocycles. The number of benzene rings is 1. The summed E-state index contributed by atoms with van der Waals surface area (Å²) in [6, 6.07) is 4.04. The molecule has 0 aliphatic carbocycles. The summed E-state index contributed by atoms with van der Waals surface area (Å²) in [6.45, 7) is 2.14. The molecule has 1 heterocycles. The Morgan fingerprint density at radius 3 is 2.62 bits per heavy atom. The molecule has 2 aromatic rings. The smallest absolute Gasteiger partial charge is 0.264 e. The van der Waals surface area contributed by atoms with Gasteiger partial charge in [-0.1, -0.05) is 6.07 Å². The molecule has 0 amide bonds. The minimum absolute atomic E-state index is 0.330. The number of halogens is 1. The van der Waals surface area contributed by atoms with Crippen LogP contribution in [0, 0.1) is 12.7 Å². The third-order valence-electron chi connectivity index (χ3n) is 2.92. The molecule has 0 spiro atoms. The highest BCUT2D eigenvalue weighted by Gasteiger charge is 2.21. The van der Waals surface area contributed by atoms with E-state index in [0.717, 1.165) is 0 Å². The maximum Gasteiger partial charge on any atom is 0.264 e. The highest BCUT2D eigenvalue weighted by Crippen LogP contribution is 2.21. The molecule has 0 saturated heterocycles. The molecule has 2 N–H and O–H groups in total. The first-order chi connectivity index (χ1) is 9.83. The van der Waals surface area contributed by atoms with Gasteiger partial charge < -0.3 is 5.32 Å². The monoisotopic (exact) mass is 312 g/mol. The number of hydrogen-bond acceptors (Lipinski definition) is 4. The predicted molar refractivity (Wildman–Crippen MR) is 77.9 cm³/mol. The summed E-state index contributed by atoms with van der Waals surface area (Å²) in [7, 11) is -0.574. The van der Waals surface area contributed by atoms with Crippen molar-refractivity contribution in [1.29, 1.82) is 0 Å². The fourth-order valence-electron chi connectivity index (χ4n) is 1.98. The summed E-state index contributed by atoms with van der Waals surface area (Å²) >= 11 is 0. The Balaban J connectivity index is 2.33. The zero-order valence-corrected chi connectivity index (χ0v) is 12.8. The molecule has 0 fully saturated rings. The molecule has 0 unspecified atom stereocenters. The lowest BCUT2D eigenvalue weighted by Gasteiger charge is -2.09. The largest absolute Gasteiger partial charge is 0.316 e. The van der Waals surface area contributed by atoms with E-state index in [9.17, 15) is 12.8 Å². The standard InChI is InChI=1S/C13H17FN4O2S/c1-9-12(8-18(3)16-9)17-21(19,20)13-5-4-10(7-15-2)6-11(13)14/h4-6,8,15,17H,7H2,1-3H3. The van der Waals surface area contributed by atoms with E-state index in [1.165, 1.54) is 23.0 Å². The van der Waals surface area contributed by atoms with E-state index in [1.807, 2.05) is 0 Å². The van der Waals surface area contributed by atoms with Crippen LogP contribution >= 0.6 is 0 Å². The Labute approximate surface area is 123 Å². The molecule has 0 aliphatic rings. The van der Waals surface area contributed by atoms with Crippen molar-refractivity contribution in [2.75, 3.05) is 11.8 Å². The van der Waals surface area contributed by atoms with Gasteiger partial charge in [-0.15, -0.1) is 0 Å². The molecule has 0 radical (unpaired) electrons. The number of nitrogens with one attached hydrogen (secondary N) is 2. The van der Waals surface area contributed by atoms with Crippen LogP contribution in [0.4, 0.5) is 10.1 Å². The fraction of sp³-hybridized carbons (Fsp3) is 0.308. The lowest BCUT2D eigenvalue weighted by molar-refractivity contribution is 0.568. The molecule has 0 bridgehead atoms. The van der Waals surface area contributed by atoms with Crippen LogP contribution < -0.4 is 10.0 Å². The van der Waals surface area contributed by atoms with Crippen molar-refractivity contribution in [2.24, 2.45) is 7.05 Å². The van der Waals surface area contributed by atoms with E-state index in [2.05, 4.69) is 15.1 Å². The number of anilines is 1. The van der Waals surface area contributed by atoms with Gasteiger partial charge in [0.15, 0.2) is 0 Å². The molecular formula is C13H17FN4O2S. The van der Waals surface area contributed by atoms with Crippen molar-refractivity contribution in [1.82, 2.24) is 15.1 Å². The summed E-state index contributed by atoms with van der Waals surface area (Å²) in [5.41, 5.74) is 1.52. The van der Waals surface area contributed by atoms with Crippen LogP contribution in [0.15, 0.2) is 29.3 Å². The molecule has 2 rings (SSSR count). The van der Waals surface area contributed by atoms with E-state index in [4.69, 9.17) is 0 Å². The van der Waals surface area contributed by atoms with Gasteiger partial charge in [-0.05, 0) is 31.7 Å².